The normalized spacial score (nSPS) is 15.6. The van der Waals surface area contributed by atoms with Gasteiger partial charge < -0.3 is 10.2 Å². The van der Waals surface area contributed by atoms with Crippen molar-refractivity contribution in [1.29, 1.82) is 0 Å². The van der Waals surface area contributed by atoms with Crippen molar-refractivity contribution in [2.45, 2.75) is 58.9 Å². The monoisotopic (exact) mass is 330 g/mol. The molecule has 0 bridgehead atoms. The van der Waals surface area contributed by atoms with Crippen LogP contribution in [0.25, 0.3) is 0 Å². The van der Waals surface area contributed by atoms with Gasteiger partial charge in [-0.3, -0.25) is 9.59 Å². The molecule has 0 aromatic heterocycles. The fourth-order valence-electron chi connectivity index (χ4n) is 3.36. The average molecular weight is 330 g/mol. The van der Waals surface area contributed by atoms with E-state index in [2.05, 4.69) is 25.2 Å². The topological polar surface area (TPSA) is 49.4 Å². The standard InChI is InChI=1S/C20H30N2O2/c1-4-17(5-2)20(24)21-18-9-11-22(12-10-18)19(23)14-16-8-6-7-15(3)13-16/h6-8,13,17-18H,4-5,9-12,14H2,1-3H3,(H,21,24). The van der Waals surface area contributed by atoms with Crippen molar-refractivity contribution in [1.82, 2.24) is 10.2 Å². The van der Waals surface area contributed by atoms with E-state index in [1.807, 2.05) is 30.0 Å². The summed E-state index contributed by atoms with van der Waals surface area (Å²) in [5.41, 5.74) is 2.26. The number of carbonyl (C=O) groups excluding carboxylic acids is 2. The number of likely N-dealkylation sites (tertiary alicyclic amines) is 1. The SMILES string of the molecule is CCC(CC)C(=O)NC1CCN(C(=O)Cc2cccc(C)c2)CC1. The average Bonchev–Trinajstić information content (AvgIpc) is 2.56. The van der Waals surface area contributed by atoms with Crippen LogP contribution in [0.5, 0.6) is 0 Å². The molecule has 2 rings (SSSR count). The highest BCUT2D eigenvalue weighted by Crippen LogP contribution is 2.15. The third kappa shape index (κ3) is 5.08. The van der Waals surface area contributed by atoms with E-state index < -0.39 is 0 Å². The number of piperidine rings is 1. The Morgan fingerprint density at radius 2 is 1.88 bits per heavy atom. The first-order chi connectivity index (χ1) is 11.5. The minimum absolute atomic E-state index is 0.117. The second-order valence-corrected chi connectivity index (χ2v) is 6.84. The molecule has 1 fully saturated rings. The maximum absolute atomic E-state index is 12.4. The number of hydrogen-bond acceptors (Lipinski definition) is 2. The van der Waals surface area contributed by atoms with Crippen molar-refractivity contribution in [3.8, 4) is 0 Å². The number of aryl methyl sites for hydroxylation is 1. The predicted molar refractivity (Wildman–Crippen MR) is 96.7 cm³/mol. The van der Waals surface area contributed by atoms with Gasteiger partial charge in [0.1, 0.15) is 0 Å². The van der Waals surface area contributed by atoms with Crippen LogP contribution in [-0.4, -0.2) is 35.8 Å². The molecular formula is C20H30N2O2. The van der Waals surface area contributed by atoms with Crippen LogP contribution in [0.2, 0.25) is 0 Å². The molecule has 1 aromatic carbocycles. The highest BCUT2D eigenvalue weighted by atomic mass is 16.2. The van der Waals surface area contributed by atoms with Gasteiger partial charge >= 0.3 is 0 Å². The van der Waals surface area contributed by atoms with E-state index in [4.69, 9.17) is 0 Å². The summed E-state index contributed by atoms with van der Waals surface area (Å²) in [5, 5.41) is 3.16. The summed E-state index contributed by atoms with van der Waals surface area (Å²) in [6, 6.07) is 8.33. The van der Waals surface area contributed by atoms with Crippen molar-refractivity contribution in [3.05, 3.63) is 35.4 Å². The first kappa shape index (κ1) is 18.5. The summed E-state index contributed by atoms with van der Waals surface area (Å²) in [4.78, 5) is 26.6. The molecule has 1 aliphatic heterocycles. The lowest BCUT2D eigenvalue weighted by Crippen LogP contribution is -2.48. The van der Waals surface area contributed by atoms with Gasteiger partial charge in [-0.2, -0.15) is 0 Å². The van der Waals surface area contributed by atoms with Crippen LogP contribution in [-0.2, 0) is 16.0 Å². The van der Waals surface area contributed by atoms with Gasteiger partial charge in [0.25, 0.3) is 0 Å². The lowest BCUT2D eigenvalue weighted by molar-refractivity contribution is -0.131. The summed E-state index contributed by atoms with van der Waals surface area (Å²) < 4.78 is 0. The van der Waals surface area contributed by atoms with E-state index in [-0.39, 0.29) is 23.8 Å². The van der Waals surface area contributed by atoms with Crippen molar-refractivity contribution >= 4 is 11.8 Å². The molecule has 4 heteroatoms. The molecule has 1 aliphatic rings. The molecule has 1 aromatic rings. The summed E-state index contributed by atoms with van der Waals surface area (Å²) in [6.07, 6.45) is 3.94. The zero-order valence-electron chi connectivity index (χ0n) is 15.2. The van der Waals surface area contributed by atoms with Crippen molar-refractivity contribution < 1.29 is 9.59 Å². The van der Waals surface area contributed by atoms with Gasteiger partial charge in [-0.05, 0) is 38.2 Å². The summed E-state index contributed by atoms with van der Waals surface area (Å²) in [5.74, 6) is 0.473. The first-order valence-electron chi connectivity index (χ1n) is 9.17. The van der Waals surface area contributed by atoms with Gasteiger partial charge in [-0.15, -0.1) is 0 Å². The Labute approximate surface area is 145 Å². The van der Waals surface area contributed by atoms with Crippen molar-refractivity contribution in [2.75, 3.05) is 13.1 Å². The minimum atomic E-state index is 0.117. The van der Waals surface area contributed by atoms with E-state index in [0.717, 1.165) is 44.3 Å². The Morgan fingerprint density at radius 3 is 2.46 bits per heavy atom. The van der Waals surface area contributed by atoms with Crippen molar-refractivity contribution in [2.24, 2.45) is 5.92 Å². The number of benzene rings is 1. The molecule has 0 atom stereocenters. The molecule has 0 spiro atoms. The summed E-state index contributed by atoms with van der Waals surface area (Å²) in [7, 11) is 0. The van der Waals surface area contributed by atoms with E-state index in [9.17, 15) is 9.59 Å². The molecule has 0 aliphatic carbocycles. The molecule has 4 nitrogen and oxygen atoms in total. The molecule has 132 valence electrons. The Kier molecular flexibility index (Phi) is 6.83. The van der Waals surface area contributed by atoms with Gasteiger partial charge in [0.05, 0.1) is 6.42 Å². The van der Waals surface area contributed by atoms with Crippen LogP contribution in [0.15, 0.2) is 24.3 Å². The first-order valence-corrected chi connectivity index (χ1v) is 9.17. The van der Waals surface area contributed by atoms with Crippen LogP contribution < -0.4 is 5.32 Å². The highest BCUT2D eigenvalue weighted by Gasteiger charge is 2.25. The zero-order valence-corrected chi connectivity index (χ0v) is 15.2. The maximum Gasteiger partial charge on any atom is 0.226 e. The zero-order chi connectivity index (χ0) is 17.5. The van der Waals surface area contributed by atoms with Crippen LogP contribution >= 0.6 is 0 Å². The van der Waals surface area contributed by atoms with Gasteiger partial charge in [0, 0.05) is 25.0 Å². The fraction of sp³-hybridized carbons (Fsp3) is 0.600. The second-order valence-electron chi connectivity index (χ2n) is 6.84. The number of rotatable bonds is 6. The Hall–Kier alpha value is -1.84. The van der Waals surface area contributed by atoms with Gasteiger partial charge in [0.2, 0.25) is 11.8 Å². The van der Waals surface area contributed by atoms with Gasteiger partial charge in [-0.25, -0.2) is 0 Å². The molecule has 1 heterocycles. The lowest BCUT2D eigenvalue weighted by atomic mass is 9.99. The van der Waals surface area contributed by atoms with Crippen molar-refractivity contribution in [3.63, 3.8) is 0 Å². The van der Waals surface area contributed by atoms with Gasteiger partial charge in [-0.1, -0.05) is 43.7 Å². The molecule has 24 heavy (non-hydrogen) atoms. The van der Waals surface area contributed by atoms with E-state index in [1.165, 1.54) is 5.56 Å². The van der Waals surface area contributed by atoms with E-state index >= 15 is 0 Å². The Morgan fingerprint density at radius 1 is 1.21 bits per heavy atom. The lowest BCUT2D eigenvalue weighted by Gasteiger charge is -2.33. The molecular weight excluding hydrogens is 300 g/mol. The molecule has 1 N–H and O–H groups in total. The number of nitrogens with one attached hydrogen (secondary N) is 1. The minimum Gasteiger partial charge on any atom is -0.353 e. The maximum atomic E-state index is 12.4. The Balaban J connectivity index is 1.79. The number of carbonyl (C=O) groups is 2. The molecule has 0 radical (unpaired) electrons. The molecule has 0 unspecified atom stereocenters. The fourth-order valence-corrected chi connectivity index (χ4v) is 3.36. The number of amides is 2. The van der Waals surface area contributed by atoms with Gasteiger partial charge in [0.15, 0.2) is 0 Å². The van der Waals surface area contributed by atoms with E-state index in [1.54, 1.807) is 0 Å². The molecule has 0 saturated carbocycles. The van der Waals surface area contributed by atoms with Crippen LogP contribution in [0.4, 0.5) is 0 Å². The molecule has 2 amide bonds. The Bertz CT molecular complexity index is 559. The number of hydrogen-bond donors (Lipinski definition) is 1. The second kappa shape index (κ2) is 8.86. The van der Waals surface area contributed by atoms with Crippen LogP contribution in [0.3, 0.4) is 0 Å². The van der Waals surface area contributed by atoms with Crippen LogP contribution in [0.1, 0.15) is 50.7 Å². The summed E-state index contributed by atoms with van der Waals surface area (Å²) >= 11 is 0. The highest BCUT2D eigenvalue weighted by molar-refractivity contribution is 5.80. The number of nitrogens with zero attached hydrogens (tertiary/aromatic N) is 1. The predicted octanol–water partition coefficient (Wildman–Crippen LogP) is 3.08. The third-order valence-corrected chi connectivity index (χ3v) is 4.99. The molecule has 1 saturated heterocycles. The smallest absolute Gasteiger partial charge is 0.226 e. The summed E-state index contributed by atoms with van der Waals surface area (Å²) in [6.45, 7) is 7.62. The third-order valence-electron chi connectivity index (χ3n) is 4.99. The van der Waals surface area contributed by atoms with E-state index in [0.29, 0.717) is 6.42 Å². The van der Waals surface area contributed by atoms with Crippen LogP contribution in [0, 0.1) is 12.8 Å². The largest absolute Gasteiger partial charge is 0.353 e. The quantitative estimate of drug-likeness (QED) is 0.871.